The molecule has 2 aromatic rings. The predicted octanol–water partition coefficient (Wildman–Crippen LogP) is 2.80. The van der Waals surface area contributed by atoms with Crippen LogP contribution in [0.5, 0.6) is 0 Å². The summed E-state index contributed by atoms with van der Waals surface area (Å²) in [7, 11) is 0. The molecule has 0 aromatic carbocycles. The summed E-state index contributed by atoms with van der Waals surface area (Å²) in [6, 6.07) is 4.26. The Bertz CT molecular complexity index is 518. The first kappa shape index (κ1) is 11.4. The average Bonchev–Trinajstić information content (AvgIpc) is 2.81. The first-order chi connectivity index (χ1) is 8.20. The standard InChI is InChI=1S/C11H12BrN3OS/c1-7-13-11(16-14-7)8-4-15(5-8)6-9-2-3-10(12)17-9/h2-3,8H,4-6H2,1H3. The molecular weight excluding hydrogens is 302 g/mol. The van der Waals surface area contributed by atoms with E-state index in [0.717, 1.165) is 31.3 Å². The third kappa shape index (κ3) is 2.43. The highest BCUT2D eigenvalue weighted by Crippen LogP contribution is 2.29. The zero-order chi connectivity index (χ0) is 11.8. The number of hydrogen-bond donors (Lipinski definition) is 0. The van der Waals surface area contributed by atoms with E-state index >= 15 is 0 Å². The molecule has 90 valence electrons. The maximum atomic E-state index is 5.18. The van der Waals surface area contributed by atoms with Crippen molar-refractivity contribution in [2.45, 2.75) is 19.4 Å². The normalized spacial score (nSPS) is 17.3. The molecule has 4 nitrogen and oxygen atoms in total. The Morgan fingerprint density at radius 2 is 2.35 bits per heavy atom. The lowest BCUT2D eigenvalue weighted by molar-refractivity contribution is 0.118. The molecule has 17 heavy (non-hydrogen) atoms. The van der Waals surface area contributed by atoms with Crippen LogP contribution in [0.15, 0.2) is 20.4 Å². The van der Waals surface area contributed by atoms with Crippen LogP contribution < -0.4 is 0 Å². The molecule has 0 bridgehead atoms. The lowest BCUT2D eigenvalue weighted by Crippen LogP contribution is -2.44. The molecule has 1 fully saturated rings. The van der Waals surface area contributed by atoms with Crippen LogP contribution >= 0.6 is 27.3 Å². The molecule has 3 rings (SSSR count). The molecule has 1 aliphatic heterocycles. The van der Waals surface area contributed by atoms with Gasteiger partial charge in [-0.05, 0) is 35.0 Å². The first-order valence-electron chi connectivity index (χ1n) is 5.47. The van der Waals surface area contributed by atoms with Crippen molar-refractivity contribution in [3.63, 3.8) is 0 Å². The van der Waals surface area contributed by atoms with E-state index in [-0.39, 0.29) is 0 Å². The van der Waals surface area contributed by atoms with E-state index in [1.807, 2.05) is 6.92 Å². The summed E-state index contributed by atoms with van der Waals surface area (Å²) in [6.45, 7) is 4.89. The Morgan fingerprint density at radius 3 is 2.94 bits per heavy atom. The molecule has 0 atom stereocenters. The topological polar surface area (TPSA) is 42.2 Å². The molecule has 0 radical (unpaired) electrons. The van der Waals surface area contributed by atoms with Crippen molar-refractivity contribution in [3.8, 4) is 0 Å². The molecule has 1 aliphatic rings. The number of nitrogens with zero attached hydrogens (tertiary/aromatic N) is 3. The third-order valence-electron chi connectivity index (χ3n) is 2.86. The highest BCUT2D eigenvalue weighted by atomic mass is 79.9. The van der Waals surface area contributed by atoms with Gasteiger partial charge in [0, 0.05) is 24.5 Å². The van der Waals surface area contributed by atoms with Gasteiger partial charge < -0.3 is 4.52 Å². The van der Waals surface area contributed by atoms with Crippen molar-refractivity contribution >= 4 is 27.3 Å². The fraction of sp³-hybridized carbons (Fsp3) is 0.455. The minimum Gasteiger partial charge on any atom is -0.339 e. The lowest BCUT2D eigenvalue weighted by Gasteiger charge is -2.36. The van der Waals surface area contributed by atoms with Crippen LogP contribution in [0.4, 0.5) is 0 Å². The largest absolute Gasteiger partial charge is 0.339 e. The molecule has 0 spiro atoms. The van der Waals surface area contributed by atoms with Crippen LogP contribution in [0, 0.1) is 6.92 Å². The van der Waals surface area contributed by atoms with Crippen LogP contribution in [0.25, 0.3) is 0 Å². The average molecular weight is 314 g/mol. The van der Waals surface area contributed by atoms with Crippen LogP contribution in [0.1, 0.15) is 22.5 Å². The monoisotopic (exact) mass is 313 g/mol. The number of aryl methyl sites for hydroxylation is 1. The van der Waals surface area contributed by atoms with Crippen molar-refractivity contribution < 1.29 is 4.52 Å². The minimum absolute atomic E-state index is 0.416. The zero-order valence-electron chi connectivity index (χ0n) is 9.39. The molecule has 0 N–H and O–H groups in total. The quantitative estimate of drug-likeness (QED) is 0.874. The van der Waals surface area contributed by atoms with Gasteiger partial charge >= 0.3 is 0 Å². The van der Waals surface area contributed by atoms with Crippen molar-refractivity contribution in [2.24, 2.45) is 0 Å². The number of thiophene rings is 1. The second-order valence-corrected chi connectivity index (χ2v) is 6.82. The molecule has 0 aliphatic carbocycles. The third-order valence-corrected chi connectivity index (χ3v) is 4.47. The minimum atomic E-state index is 0.416. The van der Waals surface area contributed by atoms with E-state index in [2.05, 4.69) is 43.1 Å². The molecule has 6 heteroatoms. The van der Waals surface area contributed by atoms with Gasteiger partial charge in [-0.25, -0.2) is 0 Å². The molecule has 1 saturated heterocycles. The van der Waals surface area contributed by atoms with Gasteiger partial charge in [-0.15, -0.1) is 11.3 Å². The molecule has 2 aromatic heterocycles. The summed E-state index contributed by atoms with van der Waals surface area (Å²) in [5.74, 6) is 1.92. The molecule has 0 amide bonds. The SMILES string of the molecule is Cc1noc(C2CN(Cc3ccc(Br)s3)C2)n1. The van der Waals surface area contributed by atoms with Gasteiger partial charge in [-0.3, -0.25) is 4.90 Å². The summed E-state index contributed by atoms with van der Waals surface area (Å²) < 4.78 is 6.37. The summed E-state index contributed by atoms with van der Waals surface area (Å²) >= 11 is 5.27. The highest BCUT2D eigenvalue weighted by Gasteiger charge is 2.32. The second kappa shape index (κ2) is 4.51. The van der Waals surface area contributed by atoms with Gasteiger partial charge in [-0.1, -0.05) is 5.16 Å². The van der Waals surface area contributed by atoms with Gasteiger partial charge in [0.1, 0.15) is 0 Å². The van der Waals surface area contributed by atoms with E-state index in [4.69, 9.17) is 4.52 Å². The Kier molecular flexibility index (Phi) is 3.02. The predicted molar refractivity (Wildman–Crippen MR) is 69.1 cm³/mol. The Balaban J connectivity index is 1.55. The number of likely N-dealkylation sites (tertiary alicyclic amines) is 1. The Labute approximate surface area is 112 Å². The molecule has 3 heterocycles. The zero-order valence-corrected chi connectivity index (χ0v) is 11.8. The Morgan fingerprint density at radius 1 is 1.53 bits per heavy atom. The van der Waals surface area contributed by atoms with Crippen LogP contribution in [-0.4, -0.2) is 28.1 Å². The van der Waals surface area contributed by atoms with E-state index in [9.17, 15) is 0 Å². The van der Waals surface area contributed by atoms with Crippen molar-refractivity contribution in [1.29, 1.82) is 0 Å². The van der Waals surface area contributed by atoms with Crippen LogP contribution in [0.3, 0.4) is 0 Å². The Hall–Kier alpha value is -0.720. The van der Waals surface area contributed by atoms with Crippen LogP contribution in [-0.2, 0) is 6.54 Å². The van der Waals surface area contributed by atoms with Gasteiger partial charge in [0.15, 0.2) is 5.82 Å². The van der Waals surface area contributed by atoms with Crippen molar-refractivity contribution in [2.75, 3.05) is 13.1 Å². The fourth-order valence-electron chi connectivity index (χ4n) is 1.99. The van der Waals surface area contributed by atoms with Gasteiger partial charge in [0.25, 0.3) is 0 Å². The van der Waals surface area contributed by atoms with E-state index in [0.29, 0.717) is 5.92 Å². The highest BCUT2D eigenvalue weighted by molar-refractivity contribution is 9.11. The molecular formula is C11H12BrN3OS. The number of rotatable bonds is 3. The van der Waals surface area contributed by atoms with Crippen LogP contribution in [0.2, 0.25) is 0 Å². The number of halogens is 1. The van der Waals surface area contributed by atoms with E-state index in [1.54, 1.807) is 11.3 Å². The van der Waals surface area contributed by atoms with Crippen molar-refractivity contribution in [1.82, 2.24) is 15.0 Å². The second-order valence-electron chi connectivity index (χ2n) is 4.28. The fourth-order valence-corrected chi connectivity index (χ4v) is 3.52. The molecule has 0 saturated carbocycles. The molecule has 0 unspecified atom stereocenters. The number of hydrogen-bond acceptors (Lipinski definition) is 5. The first-order valence-corrected chi connectivity index (χ1v) is 7.08. The maximum Gasteiger partial charge on any atom is 0.232 e. The van der Waals surface area contributed by atoms with E-state index in [1.165, 1.54) is 8.66 Å². The van der Waals surface area contributed by atoms with E-state index < -0.39 is 0 Å². The maximum absolute atomic E-state index is 5.18. The van der Waals surface area contributed by atoms with Gasteiger partial charge in [0.05, 0.1) is 9.70 Å². The van der Waals surface area contributed by atoms with Gasteiger partial charge in [0.2, 0.25) is 5.89 Å². The lowest BCUT2D eigenvalue weighted by atomic mass is 10.0. The summed E-state index contributed by atoms with van der Waals surface area (Å²) in [6.07, 6.45) is 0. The number of aromatic nitrogens is 2. The smallest absolute Gasteiger partial charge is 0.232 e. The van der Waals surface area contributed by atoms with Gasteiger partial charge in [-0.2, -0.15) is 4.98 Å². The summed E-state index contributed by atoms with van der Waals surface area (Å²) in [5.41, 5.74) is 0. The summed E-state index contributed by atoms with van der Waals surface area (Å²) in [4.78, 5) is 8.05. The summed E-state index contributed by atoms with van der Waals surface area (Å²) in [5, 5.41) is 3.82. The van der Waals surface area contributed by atoms with Crippen molar-refractivity contribution in [3.05, 3.63) is 32.5 Å².